The number of esters is 2. The average Bonchev–Trinajstić information content (AvgIpc) is 2.80. The van der Waals surface area contributed by atoms with Crippen LogP contribution in [0.4, 0.5) is 5.69 Å². The van der Waals surface area contributed by atoms with Crippen LogP contribution >= 0.6 is 35.0 Å². The van der Waals surface area contributed by atoms with Crippen molar-refractivity contribution in [1.29, 1.82) is 0 Å². The van der Waals surface area contributed by atoms with Gasteiger partial charge in [-0.25, -0.2) is 9.59 Å². The number of benzene rings is 1. The Kier molecular flexibility index (Phi) is 8.69. The molecule has 2 amide bonds. The van der Waals surface area contributed by atoms with Gasteiger partial charge in [0.05, 0.1) is 11.1 Å². The number of thioether (sulfide) groups is 1. The van der Waals surface area contributed by atoms with E-state index in [1.165, 1.54) is 36.9 Å². The van der Waals surface area contributed by atoms with Crippen molar-refractivity contribution in [3.8, 4) is 0 Å². The first-order chi connectivity index (χ1) is 17.6. The molecule has 0 saturated carbocycles. The van der Waals surface area contributed by atoms with E-state index in [-0.39, 0.29) is 46.0 Å². The second-order valence-electron chi connectivity index (χ2n) is 9.34. The van der Waals surface area contributed by atoms with Crippen LogP contribution in [0, 0.1) is 0 Å². The van der Waals surface area contributed by atoms with Gasteiger partial charge in [-0.15, -0.1) is 11.8 Å². The van der Waals surface area contributed by atoms with E-state index in [2.05, 4.69) is 5.32 Å². The van der Waals surface area contributed by atoms with E-state index in [1.807, 2.05) is 0 Å². The lowest BCUT2D eigenvalue weighted by molar-refractivity contribution is -0.150. The number of nitrogens with zero attached hydrogens (tertiary/aromatic N) is 1. The number of hydrogen-bond acceptors (Lipinski definition) is 9. The second-order valence-corrected chi connectivity index (χ2v) is 11.4. The van der Waals surface area contributed by atoms with Crippen LogP contribution in [0.5, 0.6) is 0 Å². The number of fused-ring (bicyclic) bond motifs is 1. The molecule has 1 saturated heterocycles. The van der Waals surface area contributed by atoms with Gasteiger partial charge in [-0.1, -0.05) is 29.3 Å². The number of carbonyl (C=O) groups excluding carboxylic acids is 4. The number of carboxylic acid groups (broad SMARTS) is 1. The highest BCUT2D eigenvalue weighted by molar-refractivity contribution is 8.00. The van der Waals surface area contributed by atoms with Crippen molar-refractivity contribution in [3.63, 3.8) is 0 Å². The molecular formula is C24H25Cl2N3O8S. The lowest BCUT2D eigenvalue weighted by atomic mass is 9.99. The molecule has 0 bridgehead atoms. The van der Waals surface area contributed by atoms with Crippen molar-refractivity contribution in [1.82, 2.24) is 10.2 Å². The van der Waals surface area contributed by atoms with Crippen LogP contribution < -0.4 is 11.1 Å². The predicted octanol–water partition coefficient (Wildman–Crippen LogP) is 2.67. The molecule has 0 aliphatic carbocycles. The summed E-state index contributed by atoms with van der Waals surface area (Å²) in [5.74, 6) is -3.91. The van der Waals surface area contributed by atoms with Crippen molar-refractivity contribution in [3.05, 3.63) is 45.1 Å². The van der Waals surface area contributed by atoms with Gasteiger partial charge in [-0.2, -0.15) is 0 Å². The monoisotopic (exact) mass is 585 g/mol. The summed E-state index contributed by atoms with van der Waals surface area (Å²) in [5.41, 5.74) is 5.37. The minimum absolute atomic E-state index is 0.0112. The number of rotatable bonds is 7. The number of carboxylic acids is 1. The molecule has 2 aliphatic heterocycles. The third-order valence-electron chi connectivity index (χ3n) is 5.36. The molecule has 204 valence electrons. The number of anilines is 1. The van der Waals surface area contributed by atoms with E-state index >= 15 is 0 Å². The number of β-lactam (4-membered cyclic amide) rings is 1. The number of ether oxygens (including phenoxy) is 2. The zero-order valence-corrected chi connectivity index (χ0v) is 23.1. The molecule has 4 N–H and O–H groups in total. The molecule has 2 atom stereocenters. The summed E-state index contributed by atoms with van der Waals surface area (Å²) in [6, 6.07) is 3.01. The van der Waals surface area contributed by atoms with E-state index in [1.54, 1.807) is 20.8 Å². The molecule has 1 aromatic rings. The summed E-state index contributed by atoms with van der Waals surface area (Å²) < 4.78 is 9.79. The van der Waals surface area contributed by atoms with Gasteiger partial charge in [0.1, 0.15) is 33.8 Å². The van der Waals surface area contributed by atoms with Gasteiger partial charge in [0, 0.05) is 29.5 Å². The largest absolute Gasteiger partial charge is 0.477 e. The van der Waals surface area contributed by atoms with Gasteiger partial charge in [-0.3, -0.25) is 19.3 Å². The van der Waals surface area contributed by atoms with E-state index in [4.69, 9.17) is 38.4 Å². The predicted molar refractivity (Wildman–Crippen MR) is 141 cm³/mol. The number of halogens is 2. The SMILES string of the molecule is CC(=O)OCC1=C(C(=O)O)N2C(=O)C(NC(=O)C(=C(Cl)Cl)c3ccc(C(=O)OC(C)(C)C)cc3N)[C@H]2SC1. The number of hydrogen-bond donors (Lipinski definition) is 3. The lowest BCUT2D eigenvalue weighted by Crippen LogP contribution is -2.70. The Balaban J connectivity index is 1.81. The Morgan fingerprint density at radius 2 is 1.89 bits per heavy atom. The van der Waals surface area contributed by atoms with Crippen molar-refractivity contribution in [2.75, 3.05) is 18.1 Å². The van der Waals surface area contributed by atoms with Gasteiger partial charge >= 0.3 is 17.9 Å². The van der Waals surface area contributed by atoms with Crippen LogP contribution in [0.25, 0.3) is 5.57 Å². The molecule has 0 spiro atoms. The maximum atomic E-state index is 13.2. The molecule has 11 nitrogen and oxygen atoms in total. The zero-order chi connectivity index (χ0) is 28.5. The van der Waals surface area contributed by atoms with Gasteiger partial charge in [0.15, 0.2) is 0 Å². The number of aliphatic carboxylic acids is 1. The molecule has 0 aromatic heterocycles. The smallest absolute Gasteiger partial charge is 0.352 e. The summed E-state index contributed by atoms with van der Waals surface area (Å²) >= 11 is 13.2. The Hall–Kier alpha value is -3.22. The molecule has 1 unspecified atom stereocenters. The molecule has 14 heteroatoms. The minimum Gasteiger partial charge on any atom is -0.477 e. The highest BCUT2D eigenvalue weighted by Gasteiger charge is 2.54. The first-order valence-electron chi connectivity index (χ1n) is 11.1. The molecular weight excluding hydrogens is 561 g/mol. The lowest BCUT2D eigenvalue weighted by Gasteiger charge is -2.49. The third kappa shape index (κ3) is 6.25. The fourth-order valence-corrected chi connectivity index (χ4v) is 5.46. The average molecular weight is 586 g/mol. The molecule has 2 heterocycles. The zero-order valence-electron chi connectivity index (χ0n) is 20.8. The quantitative estimate of drug-likeness (QED) is 0.187. The Morgan fingerprint density at radius 3 is 2.42 bits per heavy atom. The normalized spacial score (nSPS) is 18.7. The third-order valence-corrected chi connectivity index (χ3v) is 7.08. The first kappa shape index (κ1) is 29.3. The first-order valence-corrected chi connectivity index (χ1v) is 13.0. The van der Waals surface area contributed by atoms with Crippen molar-refractivity contribution in [2.45, 2.75) is 44.7 Å². The maximum Gasteiger partial charge on any atom is 0.352 e. The van der Waals surface area contributed by atoms with Crippen molar-refractivity contribution >= 4 is 75.9 Å². The molecule has 38 heavy (non-hydrogen) atoms. The Labute approximate surface area is 232 Å². The summed E-state index contributed by atoms with van der Waals surface area (Å²) in [6.07, 6.45) is 0. The number of amides is 2. The maximum absolute atomic E-state index is 13.2. The fourth-order valence-electron chi connectivity index (χ4n) is 3.76. The number of nitrogens with two attached hydrogens (primary N) is 1. The van der Waals surface area contributed by atoms with Crippen molar-refractivity contribution < 1.29 is 38.6 Å². The van der Waals surface area contributed by atoms with Crippen LogP contribution in [0.15, 0.2) is 34.0 Å². The molecule has 0 radical (unpaired) electrons. The standard InChI is InChI=1S/C24H25Cl2N3O8S/c1-10(30)36-8-12-9-38-21-16(20(32)29(21)17(12)22(33)34)28-19(31)15(18(25)26)13-6-5-11(7-14(13)27)23(35)37-24(2,3)4/h5-7,16,21H,8-9,27H2,1-4H3,(H,28,31)(H,33,34)/t16?,21-/m1/s1. The minimum atomic E-state index is -1.36. The van der Waals surface area contributed by atoms with Crippen LogP contribution in [-0.4, -0.2) is 69.1 Å². The van der Waals surface area contributed by atoms with E-state index < -0.39 is 51.2 Å². The molecule has 1 aromatic carbocycles. The summed E-state index contributed by atoms with van der Waals surface area (Å²) in [5, 5.41) is 11.5. The van der Waals surface area contributed by atoms with Gasteiger partial charge in [0.25, 0.3) is 11.8 Å². The molecule has 3 rings (SSSR count). The fraction of sp³-hybridized carbons (Fsp3) is 0.375. The van der Waals surface area contributed by atoms with Crippen LogP contribution in [0.2, 0.25) is 0 Å². The Morgan fingerprint density at radius 1 is 1.24 bits per heavy atom. The van der Waals surface area contributed by atoms with E-state index in [0.29, 0.717) is 0 Å². The van der Waals surface area contributed by atoms with Gasteiger partial charge < -0.3 is 25.6 Å². The van der Waals surface area contributed by atoms with Gasteiger partial charge in [0.2, 0.25) is 0 Å². The van der Waals surface area contributed by atoms with Crippen LogP contribution in [0.3, 0.4) is 0 Å². The second kappa shape index (κ2) is 11.3. The highest BCUT2D eigenvalue weighted by atomic mass is 35.5. The Bertz CT molecular complexity index is 1280. The van der Waals surface area contributed by atoms with E-state index in [9.17, 15) is 29.1 Å². The number of carbonyl (C=O) groups is 5. The number of nitrogens with one attached hydrogen (secondary N) is 1. The highest BCUT2D eigenvalue weighted by Crippen LogP contribution is 2.41. The summed E-state index contributed by atoms with van der Waals surface area (Å²) in [6.45, 7) is 6.05. The van der Waals surface area contributed by atoms with Crippen molar-refractivity contribution in [2.24, 2.45) is 0 Å². The van der Waals surface area contributed by atoms with Gasteiger partial charge in [-0.05, 0) is 32.9 Å². The summed E-state index contributed by atoms with van der Waals surface area (Å²) in [7, 11) is 0. The summed E-state index contributed by atoms with van der Waals surface area (Å²) in [4.78, 5) is 62.5. The topological polar surface area (TPSA) is 165 Å². The molecule has 2 aliphatic rings. The number of nitrogen functional groups attached to an aromatic ring is 1. The van der Waals surface area contributed by atoms with Crippen LogP contribution in [-0.2, 0) is 28.7 Å². The van der Waals surface area contributed by atoms with Crippen LogP contribution in [0.1, 0.15) is 43.6 Å². The molecule has 1 fully saturated rings. The van der Waals surface area contributed by atoms with E-state index in [0.717, 1.165) is 4.90 Å².